The van der Waals surface area contributed by atoms with Crippen LogP contribution >= 0.6 is 0 Å². The highest BCUT2D eigenvalue weighted by molar-refractivity contribution is 5.83. The molecule has 3 N–H and O–H groups in total. The number of imidazole rings is 1. The predicted molar refractivity (Wildman–Crippen MR) is 136 cm³/mol. The Kier molecular flexibility index (Phi) is 4.66. The third-order valence-electron chi connectivity index (χ3n) is 11.1. The van der Waals surface area contributed by atoms with Gasteiger partial charge in [-0.2, -0.15) is 0 Å². The van der Waals surface area contributed by atoms with Gasteiger partial charge >= 0.3 is 0 Å². The molecular weight excluding hydrogens is 457 g/mol. The van der Waals surface area contributed by atoms with Crippen LogP contribution in [0.15, 0.2) is 24.3 Å². The first-order valence-corrected chi connectivity index (χ1v) is 13.6. The Morgan fingerprint density at radius 1 is 1.11 bits per heavy atom. The van der Waals surface area contributed by atoms with Crippen molar-refractivity contribution in [1.82, 2.24) is 14.9 Å². The fourth-order valence-electron chi connectivity index (χ4n) is 9.31. The number of likely N-dealkylation sites (N-methyl/N-ethyl adjacent to an activating group) is 1. The van der Waals surface area contributed by atoms with Crippen molar-refractivity contribution >= 4 is 16.6 Å². The minimum Gasteiger partial charge on any atom is -0.390 e. The number of hydrogen-bond donors (Lipinski definition) is 3. The lowest BCUT2D eigenvalue weighted by atomic mass is 9.51. The van der Waals surface area contributed by atoms with Gasteiger partial charge in [0, 0.05) is 17.9 Å². The van der Waals surface area contributed by atoms with Crippen LogP contribution in [0.5, 0.6) is 0 Å². The number of aliphatic hydroxyl groups is 2. The van der Waals surface area contributed by atoms with Crippen LogP contribution in [0.4, 0.5) is 4.39 Å². The first-order chi connectivity index (χ1) is 17.0. The minimum absolute atomic E-state index is 0.0532. The number of rotatable bonds is 2. The number of aromatic amines is 1. The quantitative estimate of drug-likeness (QED) is 0.583. The molecule has 6 nitrogen and oxygen atoms in total. The molecule has 1 aromatic heterocycles. The number of ether oxygens (including phenoxy) is 1. The lowest BCUT2D eigenvalue weighted by molar-refractivity contribution is -0.314. The molecular formula is C29H38FN3O3. The number of fused-ring (bicyclic) bond motifs is 2. The molecule has 0 radical (unpaired) electrons. The van der Waals surface area contributed by atoms with E-state index in [1.165, 1.54) is 11.1 Å². The maximum absolute atomic E-state index is 17.2. The van der Waals surface area contributed by atoms with Crippen LogP contribution in [0.3, 0.4) is 0 Å². The molecule has 7 heteroatoms. The number of aryl methyl sites for hydroxylation is 1. The van der Waals surface area contributed by atoms with Crippen LogP contribution in [-0.4, -0.2) is 74.3 Å². The van der Waals surface area contributed by atoms with Crippen LogP contribution in [0, 0.1) is 24.2 Å². The van der Waals surface area contributed by atoms with Crippen LogP contribution in [0.1, 0.15) is 63.3 Å². The summed E-state index contributed by atoms with van der Waals surface area (Å²) in [6, 6.07) is 6.24. The Morgan fingerprint density at radius 2 is 1.92 bits per heavy atom. The maximum atomic E-state index is 17.2. The molecule has 0 amide bonds. The smallest absolute Gasteiger partial charge is 0.140 e. The van der Waals surface area contributed by atoms with E-state index in [4.69, 9.17) is 4.74 Å². The standard InChI is InChI=1S/C29H38FN3O3/c1-16-31-20-7-5-17(13-21(20)32-16)18-6-8-23-26(18,2)9-11-28(30)14-19-24(34)25(35)22(33(3)4)15-27(19)10-12-29(23,28)36-27/h5-7,13,19,22-25,34-35H,8-12,14-15H2,1-4H3,(H,31,32)/t19?,22-,23?,24+,25+,26+,27+,28?,29-/m0/s1. The fourth-order valence-corrected chi connectivity index (χ4v) is 9.31. The van der Waals surface area contributed by atoms with Gasteiger partial charge in [0.25, 0.3) is 0 Å². The van der Waals surface area contributed by atoms with Gasteiger partial charge in [0.05, 0.1) is 28.8 Å². The van der Waals surface area contributed by atoms with Crippen molar-refractivity contribution in [2.75, 3.05) is 14.1 Å². The van der Waals surface area contributed by atoms with Crippen molar-refractivity contribution in [1.29, 1.82) is 0 Å². The van der Waals surface area contributed by atoms with Gasteiger partial charge in [0.1, 0.15) is 17.1 Å². The zero-order valence-electron chi connectivity index (χ0n) is 21.7. The summed E-state index contributed by atoms with van der Waals surface area (Å²) in [4.78, 5) is 9.94. The van der Waals surface area contributed by atoms with Gasteiger partial charge in [-0.15, -0.1) is 0 Å². The van der Waals surface area contributed by atoms with Crippen molar-refractivity contribution < 1.29 is 19.3 Å². The van der Waals surface area contributed by atoms with E-state index >= 15 is 4.39 Å². The molecule has 1 aromatic carbocycles. The van der Waals surface area contributed by atoms with Crippen molar-refractivity contribution in [3.63, 3.8) is 0 Å². The van der Waals surface area contributed by atoms with Crippen molar-refractivity contribution in [2.45, 2.75) is 93.9 Å². The molecule has 194 valence electrons. The Bertz CT molecular complexity index is 1280. The molecule has 2 spiro atoms. The number of aromatic nitrogens is 2. The molecule has 3 unspecified atom stereocenters. The number of H-pyrrole nitrogens is 1. The first-order valence-electron chi connectivity index (χ1n) is 13.6. The zero-order chi connectivity index (χ0) is 25.3. The van der Waals surface area contributed by atoms with E-state index in [0.717, 1.165) is 36.1 Å². The highest BCUT2D eigenvalue weighted by Gasteiger charge is 2.77. The summed E-state index contributed by atoms with van der Waals surface area (Å²) >= 11 is 0. The second-order valence-corrected chi connectivity index (χ2v) is 12.9. The predicted octanol–water partition coefficient (Wildman–Crippen LogP) is 4.15. The molecule has 3 aliphatic carbocycles. The Morgan fingerprint density at radius 3 is 2.69 bits per heavy atom. The van der Waals surface area contributed by atoms with Gasteiger partial charge in [-0.3, -0.25) is 0 Å². The second-order valence-electron chi connectivity index (χ2n) is 12.9. The highest BCUT2D eigenvalue weighted by Crippen LogP contribution is 2.72. The molecule has 2 aromatic rings. The van der Waals surface area contributed by atoms with Gasteiger partial charge in [-0.25, -0.2) is 9.37 Å². The summed E-state index contributed by atoms with van der Waals surface area (Å²) < 4.78 is 24.3. The monoisotopic (exact) mass is 495 g/mol. The summed E-state index contributed by atoms with van der Waals surface area (Å²) in [5.41, 5.74) is 1.38. The second kappa shape index (κ2) is 7.19. The third-order valence-corrected chi connectivity index (χ3v) is 11.1. The fraction of sp³-hybridized carbons (Fsp3) is 0.690. The van der Waals surface area contributed by atoms with Gasteiger partial charge in [0.15, 0.2) is 0 Å². The van der Waals surface area contributed by atoms with Crippen molar-refractivity contribution in [2.24, 2.45) is 17.3 Å². The van der Waals surface area contributed by atoms with E-state index in [9.17, 15) is 10.2 Å². The normalized spacial score (nSPS) is 47.6. The van der Waals surface area contributed by atoms with Gasteiger partial charge in [-0.1, -0.05) is 19.1 Å². The van der Waals surface area contributed by atoms with E-state index < -0.39 is 29.1 Å². The first kappa shape index (κ1) is 23.3. The molecule has 5 aliphatic rings. The SMILES string of the molecule is Cc1nc2cc(C3=CCC4[C@@]56CC[C@]7(C[C@H](N(C)C)[C@@H](O)[C@H](O)C7CC5(F)CC[C@]34C)O6)ccc2[nH]1. The maximum Gasteiger partial charge on any atom is 0.140 e. The van der Waals surface area contributed by atoms with Gasteiger partial charge < -0.3 is 24.8 Å². The number of hydrogen-bond acceptors (Lipinski definition) is 5. The average Bonchev–Trinajstić information content (AvgIpc) is 3.49. The van der Waals surface area contributed by atoms with Crippen molar-refractivity contribution in [3.8, 4) is 0 Å². The topological polar surface area (TPSA) is 81.6 Å². The average molecular weight is 496 g/mol. The number of aliphatic hydroxyl groups excluding tert-OH is 2. The molecule has 2 saturated carbocycles. The van der Waals surface area contributed by atoms with E-state index in [1.54, 1.807) is 0 Å². The van der Waals surface area contributed by atoms with E-state index in [-0.39, 0.29) is 29.7 Å². The zero-order valence-corrected chi connectivity index (χ0v) is 21.7. The Labute approximate surface area is 211 Å². The molecule has 9 atom stereocenters. The largest absolute Gasteiger partial charge is 0.390 e. The van der Waals surface area contributed by atoms with Gasteiger partial charge in [0.2, 0.25) is 0 Å². The number of nitrogens with zero attached hydrogens (tertiary/aromatic N) is 2. The highest BCUT2D eigenvalue weighted by atomic mass is 19.1. The molecule has 7 rings (SSSR count). The van der Waals surface area contributed by atoms with Crippen molar-refractivity contribution in [3.05, 3.63) is 35.7 Å². The number of allylic oxidation sites excluding steroid dienone is 2. The number of nitrogens with one attached hydrogen (secondary N) is 1. The summed E-state index contributed by atoms with van der Waals surface area (Å²) in [6.45, 7) is 4.28. The lowest BCUT2D eigenvalue weighted by Gasteiger charge is -2.64. The Hall–Kier alpha value is -1.80. The molecule has 2 saturated heterocycles. The number of halogens is 1. The van der Waals surface area contributed by atoms with Crippen LogP contribution in [-0.2, 0) is 4.74 Å². The lowest BCUT2D eigenvalue weighted by Crippen LogP contribution is -2.72. The van der Waals surface area contributed by atoms with Gasteiger partial charge in [-0.05, 0) is 94.6 Å². The van der Waals surface area contributed by atoms with E-state index in [1.807, 2.05) is 25.9 Å². The number of alkyl halides is 1. The van der Waals surface area contributed by atoms with Crippen LogP contribution in [0.2, 0.25) is 0 Å². The molecule has 4 fully saturated rings. The summed E-state index contributed by atoms with van der Waals surface area (Å²) in [6.07, 6.45) is 4.81. The van der Waals surface area contributed by atoms with E-state index in [2.05, 4.69) is 41.2 Å². The van der Waals surface area contributed by atoms with E-state index in [0.29, 0.717) is 19.3 Å². The Balaban J connectivity index is 1.27. The third kappa shape index (κ3) is 2.73. The minimum atomic E-state index is -1.49. The van der Waals surface area contributed by atoms with Crippen LogP contribution < -0.4 is 0 Å². The molecule has 3 heterocycles. The summed E-state index contributed by atoms with van der Waals surface area (Å²) in [7, 11) is 3.88. The molecule has 2 aliphatic heterocycles. The molecule has 2 bridgehead atoms. The summed E-state index contributed by atoms with van der Waals surface area (Å²) in [5, 5.41) is 22.1. The van der Waals surface area contributed by atoms with Crippen LogP contribution in [0.25, 0.3) is 16.6 Å². The molecule has 36 heavy (non-hydrogen) atoms. The number of benzene rings is 1. The summed E-state index contributed by atoms with van der Waals surface area (Å²) in [5.74, 6) is 0.591.